The molecule has 0 aliphatic carbocycles. The summed E-state index contributed by atoms with van der Waals surface area (Å²) in [7, 11) is 0. The van der Waals surface area contributed by atoms with E-state index < -0.39 is 29.3 Å². The van der Waals surface area contributed by atoms with Gasteiger partial charge < -0.3 is 35.7 Å². The Morgan fingerprint density at radius 3 is 0.774 bits per heavy atom. The average molecular weight is 454 g/mol. The number of rotatable bonds is 8. The van der Waals surface area contributed by atoms with Gasteiger partial charge in [0.15, 0.2) is 0 Å². The van der Waals surface area contributed by atoms with Gasteiger partial charge in [0.25, 0.3) is 0 Å². The zero-order valence-corrected chi connectivity index (χ0v) is 17.4. The number of aliphatic hydroxyl groups is 3. The van der Waals surface area contributed by atoms with Gasteiger partial charge in [0.1, 0.15) is 0 Å². The van der Waals surface area contributed by atoms with Crippen LogP contribution in [0.15, 0.2) is 50.6 Å². The summed E-state index contributed by atoms with van der Waals surface area (Å²) in [6.07, 6.45) is 3.93. The van der Waals surface area contributed by atoms with Crippen molar-refractivity contribution in [2.75, 3.05) is 19.8 Å². The van der Waals surface area contributed by atoms with Gasteiger partial charge in [-0.25, -0.2) is 19.2 Å². The van der Waals surface area contributed by atoms with Gasteiger partial charge in [-0.15, -0.1) is 0 Å². The number of hydrogen-bond donors (Lipinski definition) is 9. The zero-order valence-electron chi connectivity index (χ0n) is 17.4. The second-order valence-electron chi connectivity index (χ2n) is 4.50. The Labute approximate surface area is 180 Å². The van der Waals surface area contributed by atoms with Crippen molar-refractivity contribution < 1.29 is 54.9 Å². The molecular weight excluding hydrogens is 420 g/mol. The molecule has 0 amide bonds. The lowest BCUT2D eigenvalue weighted by Crippen LogP contribution is -2.32. The molecule has 0 unspecified atom stereocenters. The van der Waals surface area contributed by atoms with Gasteiger partial charge >= 0.3 is 23.9 Å². The zero-order chi connectivity index (χ0) is 26.5. The molecular formula is C18H34N2O11. The summed E-state index contributed by atoms with van der Waals surface area (Å²) < 4.78 is 0. The monoisotopic (exact) mass is 454 g/mol. The lowest BCUT2D eigenvalue weighted by Gasteiger charge is -2.24. The number of carboxylic acids is 4. The van der Waals surface area contributed by atoms with Gasteiger partial charge in [0.05, 0.1) is 19.8 Å². The fraction of sp³-hybridized carbons (Fsp3) is 0.333. The molecule has 0 rings (SSSR count). The minimum atomic E-state index is -0.981. The molecule has 13 heteroatoms. The minimum absolute atomic E-state index is 0.156. The van der Waals surface area contributed by atoms with Crippen molar-refractivity contribution >= 4 is 23.9 Å². The molecule has 0 fully saturated rings. The minimum Gasteiger partial charge on any atom is -0.478 e. The first-order valence-electron chi connectivity index (χ1n) is 7.90. The van der Waals surface area contributed by atoms with E-state index in [1.54, 1.807) is 0 Å². The third-order valence-corrected chi connectivity index (χ3v) is 2.45. The van der Waals surface area contributed by atoms with E-state index in [9.17, 15) is 19.2 Å². The highest BCUT2D eigenvalue weighted by molar-refractivity contribution is 5.79. The van der Waals surface area contributed by atoms with Gasteiger partial charge in [0.2, 0.25) is 0 Å². The predicted molar refractivity (Wildman–Crippen MR) is 114 cm³/mol. The van der Waals surface area contributed by atoms with Crippen LogP contribution in [-0.4, -0.2) is 79.4 Å². The van der Waals surface area contributed by atoms with Crippen LogP contribution in [-0.2, 0) is 19.2 Å². The average Bonchev–Trinajstić information content (AvgIpc) is 2.78. The molecule has 0 aliphatic rings. The van der Waals surface area contributed by atoms with Crippen LogP contribution in [0, 0.1) is 5.41 Å². The quantitative estimate of drug-likeness (QED) is 0.124. The fourth-order valence-electron chi connectivity index (χ4n) is 0.485. The van der Waals surface area contributed by atoms with Crippen molar-refractivity contribution in [3.63, 3.8) is 0 Å². The molecule has 0 aromatic heterocycles. The maximum atomic E-state index is 9.25. The van der Waals surface area contributed by atoms with Crippen molar-refractivity contribution in [3.8, 4) is 0 Å². The SMILES string of the molecule is C=CC(=O)O.C=CC(=O)O.C=CC(=O)O.C=CC(=O)O.CCC(CO)(CO)CO.NN. The van der Waals surface area contributed by atoms with Crippen LogP contribution in [0.5, 0.6) is 0 Å². The van der Waals surface area contributed by atoms with Gasteiger partial charge in [-0.05, 0) is 6.42 Å². The highest BCUT2D eigenvalue weighted by Crippen LogP contribution is 2.18. The van der Waals surface area contributed by atoms with E-state index in [-0.39, 0.29) is 19.8 Å². The summed E-state index contributed by atoms with van der Waals surface area (Å²) in [6, 6.07) is 0. The standard InChI is InChI=1S/C6H14O3.4C3H4O2.H4N2/c1-2-6(3-7,4-8)5-9;4*1-2-3(4)5;1-2/h7-9H,2-5H2,1H3;4*2H,1H2,(H,4,5);1-2H2. The largest absolute Gasteiger partial charge is 0.478 e. The van der Waals surface area contributed by atoms with Crippen molar-refractivity contribution in [2.45, 2.75) is 13.3 Å². The molecule has 0 aromatic carbocycles. The van der Waals surface area contributed by atoms with Crippen molar-refractivity contribution in [1.82, 2.24) is 0 Å². The number of hydrogen-bond acceptors (Lipinski definition) is 9. The molecule has 0 atom stereocenters. The number of aliphatic carboxylic acids is 4. The maximum Gasteiger partial charge on any atom is 0.327 e. The Balaban J connectivity index is -0.0000000633. The smallest absolute Gasteiger partial charge is 0.327 e. The van der Waals surface area contributed by atoms with Crippen LogP contribution in [0.1, 0.15) is 13.3 Å². The van der Waals surface area contributed by atoms with E-state index in [1.165, 1.54) is 0 Å². The number of carboxylic acid groups (broad SMARTS) is 4. The number of nitrogens with two attached hydrogens (primary N) is 2. The topological polar surface area (TPSA) is 262 Å². The van der Waals surface area contributed by atoms with Crippen molar-refractivity contribution in [1.29, 1.82) is 0 Å². The molecule has 0 heterocycles. The Morgan fingerprint density at radius 2 is 0.774 bits per heavy atom. The van der Waals surface area contributed by atoms with E-state index >= 15 is 0 Å². The first-order valence-corrected chi connectivity index (χ1v) is 7.90. The Morgan fingerprint density at radius 1 is 0.645 bits per heavy atom. The van der Waals surface area contributed by atoms with E-state index in [2.05, 4.69) is 38.0 Å². The Kier molecular flexibility index (Phi) is 46.2. The second kappa shape index (κ2) is 34.2. The normalized spacial score (nSPS) is 7.81. The Hall–Kier alpha value is -3.36. The van der Waals surface area contributed by atoms with Gasteiger partial charge in [-0.2, -0.15) is 0 Å². The summed E-state index contributed by atoms with van der Waals surface area (Å²) in [4.78, 5) is 37.0. The molecule has 182 valence electrons. The third kappa shape index (κ3) is 58.4. The van der Waals surface area contributed by atoms with Crippen molar-refractivity contribution in [3.05, 3.63) is 50.6 Å². The molecule has 11 N–H and O–H groups in total. The van der Waals surface area contributed by atoms with E-state index in [0.29, 0.717) is 6.42 Å². The third-order valence-electron chi connectivity index (χ3n) is 2.45. The van der Waals surface area contributed by atoms with Crippen LogP contribution in [0.25, 0.3) is 0 Å². The highest BCUT2D eigenvalue weighted by atomic mass is 16.4. The molecule has 0 radical (unpaired) electrons. The molecule has 0 saturated carbocycles. The second-order valence-corrected chi connectivity index (χ2v) is 4.50. The maximum absolute atomic E-state index is 9.25. The fourth-order valence-corrected chi connectivity index (χ4v) is 0.485. The van der Waals surface area contributed by atoms with Crippen LogP contribution in [0.2, 0.25) is 0 Å². The molecule has 0 aliphatic heterocycles. The number of hydrazine groups is 1. The molecule has 13 nitrogen and oxygen atoms in total. The summed E-state index contributed by atoms with van der Waals surface area (Å²) in [5, 5.41) is 56.4. The Bertz CT molecular complexity index is 427. The molecule has 0 bridgehead atoms. The van der Waals surface area contributed by atoms with Crippen LogP contribution < -0.4 is 11.7 Å². The highest BCUT2D eigenvalue weighted by Gasteiger charge is 2.24. The lowest BCUT2D eigenvalue weighted by atomic mass is 9.88. The number of aliphatic hydroxyl groups excluding tert-OH is 3. The summed E-state index contributed by atoms with van der Waals surface area (Å²) in [5.74, 6) is 4.07. The van der Waals surface area contributed by atoms with E-state index in [0.717, 1.165) is 24.3 Å². The number of carbonyl (C=O) groups is 4. The molecule has 31 heavy (non-hydrogen) atoms. The molecule has 0 aromatic rings. The first-order chi connectivity index (χ1) is 14.3. The van der Waals surface area contributed by atoms with Gasteiger partial charge in [-0.3, -0.25) is 11.7 Å². The summed E-state index contributed by atoms with van der Waals surface area (Å²) >= 11 is 0. The molecule has 0 saturated heterocycles. The van der Waals surface area contributed by atoms with Crippen LogP contribution in [0.4, 0.5) is 0 Å². The van der Waals surface area contributed by atoms with Gasteiger partial charge in [-0.1, -0.05) is 33.2 Å². The first kappa shape index (κ1) is 41.9. The lowest BCUT2D eigenvalue weighted by molar-refractivity contribution is -0.132. The van der Waals surface area contributed by atoms with E-state index in [4.69, 9.17) is 35.7 Å². The van der Waals surface area contributed by atoms with Gasteiger partial charge in [0, 0.05) is 29.7 Å². The predicted octanol–water partition coefficient (Wildman–Crippen LogP) is -0.793. The molecule has 0 spiro atoms. The van der Waals surface area contributed by atoms with Crippen LogP contribution >= 0.6 is 0 Å². The summed E-state index contributed by atoms with van der Waals surface area (Å²) in [6.45, 7) is 13.2. The van der Waals surface area contributed by atoms with Crippen molar-refractivity contribution in [2.24, 2.45) is 17.1 Å². The van der Waals surface area contributed by atoms with E-state index in [1.807, 2.05) is 6.92 Å². The summed E-state index contributed by atoms with van der Waals surface area (Å²) in [5.41, 5.74) is -0.667. The van der Waals surface area contributed by atoms with Crippen LogP contribution in [0.3, 0.4) is 0 Å².